The second-order valence-electron chi connectivity index (χ2n) is 3.57. The molecule has 3 N–H and O–H groups in total. The zero-order chi connectivity index (χ0) is 11.9. The standard InChI is InChI=1S/C11H10ClNO3/c1-5(14)7-4-8(11(15)16)9(12)6-2-3-13-10(6)7/h2-5,13-14H,1H3,(H,15,16)/t5-/m0/s1. The molecule has 2 aromatic rings. The minimum Gasteiger partial charge on any atom is -0.478 e. The summed E-state index contributed by atoms with van der Waals surface area (Å²) in [6.45, 7) is 1.58. The van der Waals surface area contributed by atoms with E-state index in [1.54, 1.807) is 19.2 Å². The van der Waals surface area contributed by atoms with Crippen LogP contribution >= 0.6 is 11.6 Å². The third-order valence-electron chi connectivity index (χ3n) is 2.49. The Kier molecular flexibility index (Phi) is 2.61. The van der Waals surface area contributed by atoms with E-state index in [1.807, 2.05) is 0 Å². The normalized spacial score (nSPS) is 12.9. The Morgan fingerprint density at radius 1 is 1.56 bits per heavy atom. The van der Waals surface area contributed by atoms with E-state index in [-0.39, 0.29) is 10.6 Å². The number of carboxylic acids is 1. The number of rotatable bonds is 2. The summed E-state index contributed by atoms with van der Waals surface area (Å²) in [4.78, 5) is 13.9. The second kappa shape index (κ2) is 3.81. The smallest absolute Gasteiger partial charge is 0.337 e. The van der Waals surface area contributed by atoms with Gasteiger partial charge in [-0.25, -0.2) is 4.79 Å². The number of aromatic amines is 1. The largest absolute Gasteiger partial charge is 0.478 e. The van der Waals surface area contributed by atoms with E-state index < -0.39 is 12.1 Å². The highest BCUT2D eigenvalue weighted by molar-refractivity contribution is 6.38. The topological polar surface area (TPSA) is 73.3 Å². The first-order valence-electron chi connectivity index (χ1n) is 4.73. The molecule has 4 nitrogen and oxygen atoms in total. The van der Waals surface area contributed by atoms with Crippen molar-refractivity contribution in [2.75, 3.05) is 0 Å². The summed E-state index contributed by atoms with van der Waals surface area (Å²) in [6, 6.07) is 3.09. The molecule has 0 saturated carbocycles. The van der Waals surface area contributed by atoms with Crippen molar-refractivity contribution in [3.63, 3.8) is 0 Å². The number of benzene rings is 1. The van der Waals surface area contributed by atoms with Crippen LogP contribution < -0.4 is 0 Å². The molecule has 16 heavy (non-hydrogen) atoms. The fourth-order valence-electron chi connectivity index (χ4n) is 1.71. The number of aromatic carboxylic acids is 1. The Bertz CT molecular complexity index is 560. The van der Waals surface area contributed by atoms with Crippen LogP contribution in [0.1, 0.15) is 28.9 Å². The highest BCUT2D eigenvalue weighted by Gasteiger charge is 2.18. The molecule has 0 aliphatic heterocycles. The monoisotopic (exact) mass is 239 g/mol. The number of fused-ring (bicyclic) bond motifs is 1. The molecule has 5 heteroatoms. The average Bonchev–Trinajstić information content (AvgIpc) is 2.66. The van der Waals surface area contributed by atoms with Gasteiger partial charge in [-0.05, 0) is 19.1 Å². The molecule has 0 aliphatic rings. The molecule has 0 saturated heterocycles. The number of H-pyrrole nitrogens is 1. The number of nitrogens with one attached hydrogen (secondary N) is 1. The minimum atomic E-state index is -1.10. The first kappa shape index (κ1) is 11.0. The summed E-state index contributed by atoms with van der Waals surface area (Å²) in [5, 5.41) is 19.4. The maximum Gasteiger partial charge on any atom is 0.337 e. The van der Waals surface area contributed by atoms with Crippen molar-refractivity contribution < 1.29 is 15.0 Å². The highest BCUT2D eigenvalue weighted by atomic mass is 35.5. The lowest BCUT2D eigenvalue weighted by atomic mass is 10.0. The van der Waals surface area contributed by atoms with Crippen molar-refractivity contribution in [1.29, 1.82) is 0 Å². The molecule has 0 bridgehead atoms. The predicted molar refractivity (Wildman–Crippen MR) is 60.9 cm³/mol. The zero-order valence-electron chi connectivity index (χ0n) is 8.49. The van der Waals surface area contributed by atoms with Crippen LogP contribution in [0.5, 0.6) is 0 Å². The van der Waals surface area contributed by atoms with Gasteiger partial charge in [-0.3, -0.25) is 0 Å². The molecular formula is C11H10ClNO3. The predicted octanol–water partition coefficient (Wildman–Crippen LogP) is 2.57. The highest BCUT2D eigenvalue weighted by Crippen LogP contribution is 2.32. The Labute approximate surface area is 96.5 Å². The molecule has 1 heterocycles. The van der Waals surface area contributed by atoms with E-state index >= 15 is 0 Å². The summed E-state index contributed by atoms with van der Waals surface area (Å²) in [5.41, 5.74) is 1.21. The quantitative estimate of drug-likeness (QED) is 0.754. The van der Waals surface area contributed by atoms with Crippen LogP contribution in [0.25, 0.3) is 10.9 Å². The summed E-state index contributed by atoms with van der Waals surface area (Å²) in [7, 11) is 0. The van der Waals surface area contributed by atoms with E-state index in [2.05, 4.69) is 4.98 Å². The van der Waals surface area contributed by atoms with Gasteiger partial charge in [-0.2, -0.15) is 0 Å². The summed E-state index contributed by atoms with van der Waals surface area (Å²) >= 11 is 5.97. The van der Waals surface area contributed by atoms with Gasteiger partial charge in [0.1, 0.15) is 0 Å². The van der Waals surface area contributed by atoms with E-state index in [0.29, 0.717) is 16.5 Å². The lowest BCUT2D eigenvalue weighted by Crippen LogP contribution is -2.02. The van der Waals surface area contributed by atoms with Crippen LogP contribution in [-0.4, -0.2) is 21.2 Å². The van der Waals surface area contributed by atoms with Gasteiger partial charge in [-0.15, -0.1) is 0 Å². The SMILES string of the molecule is C[C@H](O)c1cc(C(=O)O)c(Cl)c2cc[nH]c12. The first-order valence-corrected chi connectivity index (χ1v) is 5.11. The molecule has 0 unspecified atom stereocenters. The van der Waals surface area contributed by atoms with Crippen molar-refractivity contribution in [1.82, 2.24) is 4.98 Å². The van der Waals surface area contributed by atoms with E-state index in [1.165, 1.54) is 6.07 Å². The molecule has 84 valence electrons. The third kappa shape index (κ3) is 1.56. The lowest BCUT2D eigenvalue weighted by Gasteiger charge is -2.09. The van der Waals surface area contributed by atoms with Crippen LogP contribution in [0.4, 0.5) is 0 Å². The minimum absolute atomic E-state index is 0.00432. The van der Waals surface area contributed by atoms with E-state index in [0.717, 1.165) is 0 Å². The van der Waals surface area contributed by atoms with Crippen LogP contribution in [-0.2, 0) is 0 Å². The number of aliphatic hydroxyl groups excluding tert-OH is 1. The Morgan fingerprint density at radius 3 is 2.81 bits per heavy atom. The third-order valence-corrected chi connectivity index (χ3v) is 2.90. The van der Waals surface area contributed by atoms with Gasteiger partial charge in [0.2, 0.25) is 0 Å². The number of carbonyl (C=O) groups is 1. The maximum atomic E-state index is 11.0. The number of hydrogen-bond acceptors (Lipinski definition) is 2. The van der Waals surface area contributed by atoms with Gasteiger partial charge in [0.15, 0.2) is 0 Å². The number of aliphatic hydroxyl groups is 1. The molecular weight excluding hydrogens is 230 g/mol. The van der Waals surface area contributed by atoms with Crippen LogP contribution in [0.2, 0.25) is 5.02 Å². The Balaban J connectivity index is 2.85. The molecule has 0 aliphatic carbocycles. The van der Waals surface area contributed by atoms with Gasteiger partial charge in [0, 0.05) is 17.1 Å². The fourth-order valence-corrected chi connectivity index (χ4v) is 2.01. The molecule has 0 amide bonds. The number of halogens is 1. The van der Waals surface area contributed by atoms with Crippen molar-refractivity contribution in [3.8, 4) is 0 Å². The maximum absolute atomic E-state index is 11.0. The number of hydrogen-bond donors (Lipinski definition) is 3. The van der Waals surface area contributed by atoms with Gasteiger partial charge in [0.25, 0.3) is 0 Å². The van der Waals surface area contributed by atoms with Crippen molar-refractivity contribution >= 4 is 28.5 Å². The fraction of sp³-hybridized carbons (Fsp3) is 0.182. The Morgan fingerprint density at radius 2 is 2.25 bits per heavy atom. The summed E-state index contributed by atoms with van der Waals surface area (Å²) < 4.78 is 0. The first-order chi connectivity index (χ1) is 7.52. The van der Waals surface area contributed by atoms with Gasteiger partial charge in [0.05, 0.1) is 22.2 Å². The Hall–Kier alpha value is -1.52. The second-order valence-corrected chi connectivity index (χ2v) is 3.95. The molecule has 1 atom stereocenters. The van der Waals surface area contributed by atoms with Gasteiger partial charge in [-0.1, -0.05) is 11.6 Å². The average molecular weight is 240 g/mol. The van der Waals surface area contributed by atoms with Crippen molar-refractivity contribution in [3.05, 3.63) is 34.5 Å². The van der Waals surface area contributed by atoms with Crippen molar-refractivity contribution in [2.45, 2.75) is 13.0 Å². The van der Waals surface area contributed by atoms with Gasteiger partial charge < -0.3 is 15.2 Å². The summed E-state index contributed by atoms with van der Waals surface area (Å²) in [6.07, 6.45) is 0.908. The molecule has 1 aromatic carbocycles. The molecule has 0 radical (unpaired) electrons. The summed E-state index contributed by atoms with van der Waals surface area (Å²) in [5.74, 6) is -1.10. The van der Waals surface area contributed by atoms with Crippen molar-refractivity contribution in [2.24, 2.45) is 0 Å². The van der Waals surface area contributed by atoms with Crippen LogP contribution in [0, 0.1) is 0 Å². The molecule has 1 aromatic heterocycles. The molecule has 2 rings (SSSR count). The number of aromatic nitrogens is 1. The molecule has 0 spiro atoms. The van der Waals surface area contributed by atoms with Gasteiger partial charge >= 0.3 is 5.97 Å². The lowest BCUT2D eigenvalue weighted by molar-refractivity contribution is 0.0697. The zero-order valence-corrected chi connectivity index (χ0v) is 9.25. The van der Waals surface area contributed by atoms with Crippen LogP contribution in [0.15, 0.2) is 18.3 Å². The number of carboxylic acid groups (broad SMARTS) is 1. The molecule has 0 fully saturated rings. The van der Waals surface area contributed by atoms with Crippen LogP contribution in [0.3, 0.4) is 0 Å². The van der Waals surface area contributed by atoms with E-state index in [4.69, 9.17) is 16.7 Å². The van der Waals surface area contributed by atoms with E-state index in [9.17, 15) is 9.90 Å².